The molecule has 0 aliphatic heterocycles. The van der Waals surface area contributed by atoms with Gasteiger partial charge < -0.3 is 15.0 Å². The summed E-state index contributed by atoms with van der Waals surface area (Å²) in [6.07, 6.45) is 1.99. The Bertz CT molecular complexity index is 1380. The van der Waals surface area contributed by atoms with Gasteiger partial charge in [-0.15, -0.1) is 0 Å². The monoisotopic (exact) mass is 585 g/mol. The van der Waals surface area contributed by atoms with Crippen LogP contribution in [-0.2, 0) is 32.6 Å². The molecule has 0 radical (unpaired) electrons. The number of hydrogen-bond donors (Lipinski definition) is 1. The zero-order valence-electron chi connectivity index (χ0n) is 23.2. The first-order valence-electron chi connectivity index (χ1n) is 13.0. The van der Waals surface area contributed by atoms with Gasteiger partial charge in [-0.05, 0) is 48.7 Å². The number of para-hydroxylation sites is 2. The van der Waals surface area contributed by atoms with Crippen molar-refractivity contribution in [3.05, 3.63) is 95.0 Å². The highest BCUT2D eigenvalue weighted by Gasteiger charge is 2.34. The van der Waals surface area contributed by atoms with Gasteiger partial charge in [0, 0.05) is 24.0 Å². The topological polar surface area (TPSA) is 96.0 Å². The summed E-state index contributed by atoms with van der Waals surface area (Å²) >= 11 is 6.09. The van der Waals surface area contributed by atoms with E-state index in [1.807, 2.05) is 44.2 Å². The number of halogens is 1. The molecule has 3 aromatic rings. The van der Waals surface area contributed by atoms with Crippen LogP contribution in [0.15, 0.2) is 78.9 Å². The second-order valence-corrected chi connectivity index (χ2v) is 12.0. The van der Waals surface area contributed by atoms with Gasteiger partial charge in [0.25, 0.3) is 0 Å². The van der Waals surface area contributed by atoms with Crippen molar-refractivity contribution in [3.63, 3.8) is 0 Å². The van der Waals surface area contributed by atoms with Gasteiger partial charge in [0.2, 0.25) is 21.8 Å². The Morgan fingerprint density at radius 3 is 2.17 bits per heavy atom. The van der Waals surface area contributed by atoms with Gasteiger partial charge in [0.05, 0.1) is 19.1 Å². The summed E-state index contributed by atoms with van der Waals surface area (Å²) in [5, 5.41) is 3.55. The van der Waals surface area contributed by atoms with Crippen molar-refractivity contribution in [3.8, 4) is 5.75 Å². The third kappa shape index (κ3) is 8.47. The zero-order valence-corrected chi connectivity index (χ0v) is 24.8. The highest BCUT2D eigenvalue weighted by atomic mass is 35.5. The molecule has 2 amide bonds. The van der Waals surface area contributed by atoms with Crippen molar-refractivity contribution in [2.24, 2.45) is 0 Å². The quantitative estimate of drug-likeness (QED) is 0.314. The maximum Gasteiger partial charge on any atom is 0.244 e. The third-order valence-corrected chi connectivity index (χ3v) is 7.95. The number of rotatable bonds is 13. The molecule has 0 bridgehead atoms. The van der Waals surface area contributed by atoms with E-state index in [9.17, 15) is 18.0 Å². The molecular formula is C30H36ClN3O5S. The molecule has 10 heteroatoms. The van der Waals surface area contributed by atoms with Gasteiger partial charge in [-0.3, -0.25) is 13.9 Å². The Morgan fingerprint density at radius 1 is 0.950 bits per heavy atom. The number of amides is 2. The van der Waals surface area contributed by atoms with E-state index < -0.39 is 28.5 Å². The van der Waals surface area contributed by atoms with Crippen LogP contribution in [0.5, 0.6) is 5.75 Å². The lowest BCUT2D eigenvalue weighted by molar-refractivity contribution is -0.140. The molecule has 0 fully saturated rings. The van der Waals surface area contributed by atoms with E-state index in [4.69, 9.17) is 16.3 Å². The van der Waals surface area contributed by atoms with Gasteiger partial charge >= 0.3 is 0 Å². The number of ether oxygens (including phenoxy) is 1. The lowest BCUT2D eigenvalue weighted by atomic mass is 10.0. The van der Waals surface area contributed by atoms with Crippen molar-refractivity contribution in [2.75, 3.05) is 24.2 Å². The largest absolute Gasteiger partial charge is 0.495 e. The van der Waals surface area contributed by atoms with Crippen LogP contribution < -0.4 is 14.4 Å². The van der Waals surface area contributed by atoms with Crippen LogP contribution in [0.1, 0.15) is 31.4 Å². The smallest absolute Gasteiger partial charge is 0.244 e. The fourth-order valence-corrected chi connectivity index (χ4v) is 5.19. The number of benzene rings is 3. The lowest BCUT2D eigenvalue weighted by Crippen LogP contribution is -2.54. The minimum atomic E-state index is -3.90. The molecule has 0 saturated carbocycles. The van der Waals surface area contributed by atoms with Gasteiger partial charge in [-0.2, -0.15) is 0 Å². The van der Waals surface area contributed by atoms with Gasteiger partial charge in [-0.1, -0.05) is 73.1 Å². The molecule has 0 heterocycles. The highest BCUT2D eigenvalue weighted by Crippen LogP contribution is 2.30. The zero-order chi connectivity index (χ0) is 29.3. The molecule has 8 nitrogen and oxygen atoms in total. The summed E-state index contributed by atoms with van der Waals surface area (Å²) in [6.45, 7) is 3.42. The molecule has 214 valence electrons. The molecule has 3 aromatic carbocycles. The molecule has 40 heavy (non-hydrogen) atoms. The molecule has 0 unspecified atom stereocenters. The Hall–Kier alpha value is -3.56. The Morgan fingerprint density at radius 2 is 1.57 bits per heavy atom. The number of anilines is 1. The number of carbonyl (C=O) groups is 2. The molecule has 0 saturated heterocycles. The lowest BCUT2D eigenvalue weighted by Gasteiger charge is -2.34. The SMILES string of the molecule is CC[C@H](C)NC(=O)[C@H](Cc1ccccc1)N(Cc1ccc(Cl)cc1)C(=O)CN(c1ccccc1OC)S(C)(=O)=O. The minimum absolute atomic E-state index is 0.0744. The summed E-state index contributed by atoms with van der Waals surface area (Å²) < 4.78 is 32.3. The fraction of sp³-hybridized carbons (Fsp3) is 0.333. The summed E-state index contributed by atoms with van der Waals surface area (Å²) in [4.78, 5) is 29.2. The van der Waals surface area contributed by atoms with Crippen molar-refractivity contribution in [2.45, 2.75) is 45.3 Å². The molecule has 1 N–H and O–H groups in total. The minimum Gasteiger partial charge on any atom is -0.495 e. The predicted octanol–water partition coefficient (Wildman–Crippen LogP) is 4.67. The first-order chi connectivity index (χ1) is 19.0. The summed E-state index contributed by atoms with van der Waals surface area (Å²) in [5.41, 5.74) is 1.84. The first kappa shape index (κ1) is 31.0. The average molecular weight is 586 g/mol. The Balaban J connectivity index is 2.07. The number of hydrogen-bond acceptors (Lipinski definition) is 5. The molecule has 2 atom stereocenters. The predicted molar refractivity (Wildman–Crippen MR) is 159 cm³/mol. The molecular weight excluding hydrogens is 550 g/mol. The van der Waals surface area contributed by atoms with Crippen LogP contribution in [0.25, 0.3) is 0 Å². The van der Waals surface area contributed by atoms with Crippen molar-refractivity contribution < 1.29 is 22.7 Å². The maximum atomic E-state index is 14.1. The second-order valence-electron chi connectivity index (χ2n) is 9.61. The summed E-state index contributed by atoms with van der Waals surface area (Å²) in [6, 6.07) is 22.0. The van der Waals surface area contributed by atoms with E-state index in [1.165, 1.54) is 12.0 Å². The van der Waals surface area contributed by atoms with Crippen LogP contribution in [0, 0.1) is 0 Å². The molecule has 0 aliphatic carbocycles. The van der Waals surface area contributed by atoms with Crippen LogP contribution in [0.3, 0.4) is 0 Å². The third-order valence-electron chi connectivity index (χ3n) is 6.57. The summed E-state index contributed by atoms with van der Waals surface area (Å²) in [7, 11) is -2.46. The Kier molecular flexibility index (Phi) is 11.0. The van der Waals surface area contributed by atoms with E-state index >= 15 is 0 Å². The van der Waals surface area contributed by atoms with Crippen LogP contribution in [0.2, 0.25) is 5.02 Å². The van der Waals surface area contributed by atoms with E-state index in [2.05, 4.69) is 5.32 Å². The van der Waals surface area contributed by atoms with Crippen molar-refractivity contribution in [1.29, 1.82) is 0 Å². The number of carbonyl (C=O) groups excluding carboxylic acids is 2. The highest BCUT2D eigenvalue weighted by molar-refractivity contribution is 7.92. The van der Waals surface area contributed by atoms with E-state index in [0.29, 0.717) is 17.2 Å². The standard InChI is InChI=1S/C30H36ClN3O5S/c1-5-22(2)32-30(36)27(19-23-11-7-6-8-12-23)33(20-24-15-17-25(31)18-16-24)29(35)21-34(40(4,37)38)26-13-9-10-14-28(26)39-3/h6-18,22,27H,5,19-21H2,1-4H3,(H,32,36)/t22-,27-/m0/s1. The first-order valence-corrected chi connectivity index (χ1v) is 15.2. The van der Waals surface area contributed by atoms with E-state index in [1.54, 1.807) is 48.5 Å². The fourth-order valence-electron chi connectivity index (χ4n) is 4.21. The maximum absolute atomic E-state index is 14.1. The molecule has 3 rings (SSSR count). The van der Waals surface area contributed by atoms with Gasteiger partial charge in [0.15, 0.2) is 0 Å². The van der Waals surface area contributed by atoms with Gasteiger partial charge in [-0.25, -0.2) is 8.42 Å². The molecule has 0 aliphatic rings. The van der Waals surface area contributed by atoms with Crippen LogP contribution in [-0.4, -0.2) is 57.1 Å². The molecule has 0 aromatic heterocycles. The normalized spacial score (nSPS) is 12.7. The second kappa shape index (κ2) is 14.2. The average Bonchev–Trinajstić information content (AvgIpc) is 2.94. The van der Waals surface area contributed by atoms with Crippen LogP contribution >= 0.6 is 11.6 Å². The van der Waals surface area contributed by atoms with E-state index in [-0.39, 0.29) is 30.6 Å². The van der Waals surface area contributed by atoms with Gasteiger partial charge in [0.1, 0.15) is 18.3 Å². The van der Waals surface area contributed by atoms with Crippen LogP contribution in [0.4, 0.5) is 5.69 Å². The number of nitrogens with one attached hydrogen (secondary N) is 1. The Labute approximate surface area is 241 Å². The summed E-state index contributed by atoms with van der Waals surface area (Å²) in [5.74, 6) is -0.546. The number of sulfonamides is 1. The number of nitrogens with zero attached hydrogens (tertiary/aromatic N) is 2. The number of methoxy groups -OCH3 is 1. The van der Waals surface area contributed by atoms with Crippen molar-refractivity contribution >= 4 is 39.1 Å². The van der Waals surface area contributed by atoms with E-state index in [0.717, 1.165) is 21.7 Å². The molecule has 0 spiro atoms. The van der Waals surface area contributed by atoms with Crippen molar-refractivity contribution in [1.82, 2.24) is 10.2 Å².